The second-order valence-electron chi connectivity index (χ2n) is 8.11. The summed E-state index contributed by atoms with van der Waals surface area (Å²) in [6.07, 6.45) is -1.81. The van der Waals surface area contributed by atoms with Gasteiger partial charge in [-0.3, -0.25) is 4.79 Å². The molecule has 4 aromatic rings. The third-order valence-electron chi connectivity index (χ3n) is 6.08. The topological polar surface area (TPSA) is 71.3 Å². The molecule has 0 spiro atoms. The van der Waals surface area contributed by atoms with E-state index in [4.69, 9.17) is 4.42 Å². The van der Waals surface area contributed by atoms with E-state index in [0.717, 1.165) is 22.6 Å². The van der Waals surface area contributed by atoms with Gasteiger partial charge in [-0.25, -0.2) is 9.97 Å². The van der Waals surface area contributed by atoms with E-state index < -0.39 is 11.7 Å². The number of fused-ring (bicyclic) bond motifs is 3. The average Bonchev–Trinajstić information content (AvgIpc) is 3.21. The molecule has 170 valence electrons. The van der Waals surface area contributed by atoms with Crippen molar-refractivity contribution in [3.8, 4) is 0 Å². The molecule has 1 aliphatic heterocycles. The lowest BCUT2D eigenvalue weighted by molar-refractivity contribution is -0.138. The van der Waals surface area contributed by atoms with Crippen LogP contribution >= 0.6 is 0 Å². The van der Waals surface area contributed by atoms with Crippen LogP contribution in [0.15, 0.2) is 59.3 Å². The lowest BCUT2D eigenvalue weighted by atomic mass is 9.95. The highest BCUT2D eigenvalue weighted by atomic mass is 19.4. The van der Waals surface area contributed by atoms with E-state index in [9.17, 15) is 18.0 Å². The van der Waals surface area contributed by atoms with E-state index in [0.29, 0.717) is 37.3 Å². The predicted molar refractivity (Wildman–Crippen MR) is 118 cm³/mol. The molecule has 2 aromatic carbocycles. The SMILES string of the molecule is O=C(NCc1ccccc1C(F)(F)F)C1CCN(c2ncnc3c2oc2ccccc23)CC1. The molecule has 3 heterocycles. The fraction of sp³-hybridized carbons (Fsp3) is 0.292. The van der Waals surface area contributed by atoms with Gasteiger partial charge in [0.2, 0.25) is 5.91 Å². The number of halogens is 3. The molecule has 6 nitrogen and oxygen atoms in total. The van der Waals surface area contributed by atoms with Crippen molar-refractivity contribution in [3.05, 3.63) is 66.0 Å². The van der Waals surface area contributed by atoms with Crippen molar-refractivity contribution in [2.24, 2.45) is 5.92 Å². The Hall–Kier alpha value is -3.62. The lowest BCUT2D eigenvalue weighted by Gasteiger charge is -2.32. The first-order valence-electron chi connectivity index (χ1n) is 10.7. The van der Waals surface area contributed by atoms with Gasteiger partial charge in [0, 0.05) is 30.9 Å². The third-order valence-corrected chi connectivity index (χ3v) is 6.08. The molecule has 2 aromatic heterocycles. The van der Waals surface area contributed by atoms with Crippen LogP contribution in [0.2, 0.25) is 0 Å². The van der Waals surface area contributed by atoms with Crippen LogP contribution in [0, 0.1) is 5.92 Å². The molecule has 0 aliphatic carbocycles. The van der Waals surface area contributed by atoms with Crippen LogP contribution in [-0.2, 0) is 17.5 Å². The van der Waals surface area contributed by atoms with Crippen LogP contribution in [0.4, 0.5) is 19.0 Å². The van der Waals surface area contributed by atoms with Gasteiger partial charge in [-0.15, -0.1) is 0 Å². The van der Waals surface area contributed by atoms with Crippen LogP contribution < -0.4 is 10.2 Å². The number of anilines is 1. The molecule has 0 saturated carbocycles. The zero-order valence-corrected chi connectivity index (χ0v) is 17.6. The molecule has 1 saturated heterocycles. The van der Waals surface area contributed by atoms with Gasteiger partial charge in [0.05, 0.1) is 5.56 Å². The largest absolute Gasteiger partial charge is 0.450 e. The van der Waals surface area contributed by atoms with Crippen molar-refractivity contribution in [1.29, 1.82) is 0 Å². The lowest BCUT2D eigenvalue weighted by Crippen LogP contribution is -2.40. The standard InChI is InChI=1S/C24H21F3N4O2/c25-24(26,27)18-7-3-1-5-16(18)13-28-23(32)15-9-11-31(12-10-15)22-21-20(29-14-30-22)17-6-2-4-8-19(17)33-21/h1-8,14-15H,9-13H2,(H,28,32). The highest BCUT2D eigenvalue weighted by Crippen LogP contribution is 2.34. The number of hydrogen-bond donors (Lipinski definition) is 1. The molecule has 1 fully saturated rings. The summed E-state index contributed by atoms with van der Waals surface area (Å²) in [5, 5.41) is 3.60. The second kappa shape index (κ2) is 8.38. The molecule has 9 heteroatoms. The molecule has 0 bridgehead atoms. The van der Waals surface area contributed by atoms with Crippen molar-refractivity contribution >= 4 is 33.8 Å². The van der Waals surface area contributed by atoms with E-state index in [2.05, 4.69) is 20.2 Å². The Morgan fingerprint density at radius 2 is 1.79 bits per heavy atom. The smallest absolute Gasteiger partial charge is 0.416 e. The fourth-order valence-electron chi connectivity index (χ4n) is 4.37. The van der Waals surface area contributed by atoms with Gasteiger partial charge < -0.3 is 14.6 Å². The van der Waals surface area contributed by atoms with Gasteiger partial charge in [-0.05, 0) is 36.6 Å². The van der Waals surface area contributed by atoms with Gasteiger partial charge >= 0.3 is 6.18 Å². The number of carbonyl (C=O) groups excluding carboxylic acids is 1. The number of nitrogens with zero attached hydrogens (tertiary/aromatic N) is 3. The van der Waals surface area contributed by atoms with E-state index in [1.54, 1.807) is 0 Å². The van der Waals surface area contributed by atoms with E-state index in [1.807, 2.05) is 24.3 Å². The number of benzene rings is 2. The molecular weight excluding hydrogens is 433 g/mol. The summed E-state index contributed by atoms with van der Waals surface area (Å²) in [6, 6.07) is 13.0. The third kappa shape index (κ3) is 4.10. The Bertz CT molecular complexity index is 1310. The normalized spacial score (nSPS) is 15.3. The Kier molecular flexibility index (Phi) is 5.39. The maximum atomic E-state index is 13.2. The molecule has 0 radical (unpaired) electrons. The number of alkyl halides is 3. The first-order valence-corrected chi connectivity index (χ1v) is 10.7. The molecule has 1 amide bonds. The Labute approximate surface area is 187 Å². The van der Waals surface area contributed by atoms with Gasteiger partial charge in [-0.2, -0.15) is 13.2 Å². The fourth-order valence-corrected chi connectivity index (χ4v) is 4.37. The van der Waals surface area contributed by atoms with Gasteiger partial charge in [0.1, 0.15) is 17.4 Å². The average molecular weight is 454 g/mol. The maximum absolute atomic E-state index is 13.2. The number of rotatable bonds is 4. The first kappa shape index (κ1) is 21.2. The summed E-state index contributed by atoms with van der Waals surface area (Å²) in [6.45, 7) is 1.01. The van der Waals surface area contributed by atoms with Crippen molar-refractivity contribution < 1.29 is 22.4 Å². The molecule has 1 N–H and O–H groups in total. The number of furan rings is 1. The van der Waals surface area contributed by atoms with Crippen molar-refractivity contribution in [3.63, 3.8) is 0 Å². The van der Waals surface area contributed by atoms with Gasteiger partial charge in [0.25, 0.3) is 0 Å². The second-order valence-corrected chi connectivity index (χ2v) is 8.11. The summed E-state index contributed by atoms with van der Waals surface area (Å²) in [7, 11) is 0. The summed E-state index contributed by atoms with van der Waals surface area (Å²) in [5.41, 5.74) is 1.44. The number of aromatic nitrogens is 2. The number of hydrogen-bond acceptors (Lipinski definition) is 5. The van der Waals surface area contributed by atoms with Gasteiger partial charge in [0.15, 0.2) is 11.4 Å². The van der Waals surface area contributed by atoms with Crippen LogP contribution in [0.25, 0.3) is 22.1 Å². The molecule has 33 heavy (non-hydrogen) atoms. The Balaban J connectivity index is 1.25. The monoisotopic (exact) mass is 454 g/mol. The minimum Gasteiger partial charge on any atom is -0.450 e. The molecule has 0 unspecified atom stereocenters. The first-order chi connectivity index (χ1) is 15.9. The zero-order chi connectivity index (χ0) is 23.0. The molecule has 1 aliphatic rings. The molecule has 5 rings (SSSR count). The quantitative estimate of drug-likeness (QED) is 0.474. The summed E-state index contributed by atoms with van der Waals surface area (Å²) in [4.78, 5) is 23.5. The van der Waals surface area contributed by atoms with E-state index in [-0.39, 0.29) is 23.9 Å². The number of piperidine rings is 1. The molecular formula is C24H21F3N4O2. The van der Waals surface area contributed by atoms with Crippen molar-refractivity contribution in [2.75, 3.05) is 18.0 Å². The zero-order valence-electron chi connectivity index (χ0n) is 17.6. The highest BCUT2D eigenvalue weighted by Gasteiger charge is 2.33. The highest BCUT2D eigenvalue weighted by molar-refractivity contribution is 6.05. The van der Waals surface area contributed by atoms with Crippen LogP contribution in [0.1, 0.15) is 24.0 Å². The summed E-state index contributed by atoms with van der Waals surface area (Å²) < 4.78 is 45.5. The number of carbonyl (C=O) groups is 1. The number of nitrogens with one attached hydrogen (secondary N) is 1. The summed E-state index contributed by atoms with van der Waals surface area (Å²) in [5.74, 6) is 0.185. The van der Waals surface area contributed by atoms with Crippen LogP contribution in [-0.4, -0.2) is 29.0 Å². The minimum absolute atomic E-state index is 0.0593. The van der Waals surface area contributed by atoms with Crippen LogP contribution in [0.5, 0.6) is 0 Å². The summed E-state index contributed by atoms with van der Waals surface area (Å²) >= 11 is 0. The van der Waals surface area contributed by atoms with Crippen molar-refractivity contribution in [1.82, 2.24) is 15.3 Å². The van der Waals surface area contributed by atoms with E-state index >= 15 is 0 Å². The Morgan fingerprint density at radius 3 is 2.58 bits per heavy atom. The van der Waals surface area contributed by atoms with E-state index in [1.165, 1.54) is 24.5 Å². The van der Waals surface area contributed by atoms with Crippen LogP contribution in [0.3, 0.4) is 0 Å². The number of para-hydroxylation sites is 1. The minimum atomic E-state index is -4.45. The number of amides is 1. The predicted octanol–water partition coefficient (Wildman–Crippen LogP) is 4.93. The maximum Gasteiger partial charge on any atom is 0.416 e. The van der Waals surface area contributed by atoms with Gasteiger partial charge in [-0.1, -0.05) is 30.3 Å². The molecule has 0 atom stereocenters. The Morgan fingerprint density at radius 1 is 1.06 bits per heavy atom. The van der Waals surface area contributed by atoms with Crippen molar-refractivity contribution in [2.45, 2.75) is 25.6 Å².